The average molecular weight is 290 g/mol. The highest BCUT2D eigenvalue weighted by atomic mass is 32.1. The number of oxime groups is 1. The largest absolute Gasteiger partial charge is 0.409 e. The van der Waals surface area contributed by atoms with Gasteiger partial charge in [0.25, 0.3) is 0 Å². The summed E-state index contributed by atoms with van der Waals surface area (Å²) in [5.74, 6) is 0.226. The van der Waals surface area contributed by atoms with Crippen molar-refractivity contribution in [1.29, 1.82) is 0 Å². The monoisotopic (exact) mass is 290 g/mol. The second kappa shape index (κ2) is 7.02. The van der Waals surface area contributed by atoms with Crippen LogP contribution < -0.4 is 5.73 Å². The summed E-state index contributed by atoms with van der Waals surface area (Å²) in [4.78, 5) is 6.45. The molecule has 20 heavy (non-hydrogen) atoms. The summed E-state index contributed by atoms with van der Waals surface area (Å²) in [7, 11) is 2.02. The molecule has 1 unspecified atom stereocenters. The number of hydrogen-bond donors (Lipinski definition) is 2. The zero-order chi connectivity index (χ0) is 14.4. The molecule has 1 atom stereocenters. The third kappa shape index (κ3) is 3.79. The summed E-state index contributed by atoms with van der Waals surface area (Å²) in [6.07, 6.45) is 0.473. The van der Waals surface area contributed by atoms with Crippen LogP contribution in [0.25, 0.3) is 0 Å². The lowest BCUT2D eigenvalue weighted by molar-refractivity contribution is 0.236. The summed E-state index contributed by atoms with van der Waals surface area (Å²) in [6, 6.07) is 10.1. The molecule has 6 heteroatoms. The molecule has 0 fully saturated rings. The number of hydrogen-bond acceptors (Lipinski definition) is 5. The first kappa shape index (κ1) is 14.5. The minimum absolute atomic E-state index is 0.0498. The normalized spacial score (nSPS) is 13.6. The molecule has 0 aliphatic carbocycles. The van der Waals surface area contributed by atoms with Gasteiger partial charge in [0.2, 0.25) is 0 Å². The molecule has 5 nitrogen and oxygen atoms in total. The number of amidine groups is 1. The molecule has 0 amide bonds. The molecule has 0 aliphatic rings. The second-order valence-electron chi connectivity index (χ2n) is 4.62. The Balaban J connectivity index is 2.17. The van der Waals surface area contributed by atoms with Crippen LogP contribution in [0.5, 0.6) is 0 Å². The van der Waals surface area contributed by atoms with Gasteiger partial charge < -0.3 is 10.9 Å². The van der Waals surface area contributed by atoms with Crippen molar-refractivity contribution < 1.29 is 5.21 Å². The Morgan fingerprint density at radius 2 is 2.20 bits per heavy atom. The van der Waals surface area contributed by atoms with E-state index in [-0.39, 0.29) is 11.9 Å². The van der Waals surface area contributed by atoms with Gasteiger partial charge in [-0.3, -0.25) is 4.90 Å². The van der Waals surface area contributed by atoms with Crippen LogP contribution in [-0.4, -0.2) is 28.0 Å². The summed E-state index contributed by atoms with van der Waals surface area (Å²) < 4.78 is 0. The Kier molecular flexibility index (Phi) is 5.09. The summed E-state index contributed by atoms with van der Waals surface area (Å²) in [5, 5.41) is 13.9. The van der Waals surface area contributed by atoms with E-state index < -0.39 is 0 Å². The van der Waals surface area contributed by atoms with Crippen LogP contribution in [0.3, 0.4) is 0 Å². The zero-order valence-corrected chi connectivity index (χ0v) is 12.1. The van der Waals surface area contributed by atoms with Crippen LogP contribution in [0, 0.1) is 0 Å². The standard InChI is InChI=1S/C14H18N4OS/c1-18(8-12-9-20-10-16-12)13(7-14(15)17-19)11-5-3-2-4-6-11/h2-6,9-10,13,19H,7-8H2,1H3,(H2,15,17). The Morgan fingerprint density at radius 1 is 1.45 bits per heavy atom. The summed E-state index contributed by atoms with van der Waals surface area (Å²) in [6.45, 7) is 0.724. The maximum Gasteiger partial charge on any atom is 0.141 e. The predicted molar refractivity (Wildman–Crippen MR) is 80.8 cm³/mol. The van der Waals surface area contributed by atoms with Crippen LogP contribution in [0.15, 0.2) is 46.4 Å². The van der Waals surface area contributed by atoms with Gasteiger partial charge in [0.1, 0.15) is 5.84 Å². The molecule has 0 saturated carbocycles. The number of benzene rings is 1. The smallest absolute Gasteiger partial charge is 0.141 e. The number of nitrogens with two attached hydrogens (primary N) is 1. The van der Waals surface area contributed by atoms with Crippen molar-refractivity contribution in [2.75, 3.05) is 7.05 Å². The Morgan fingerprint density at radius 3 is 2.80 bits per heavy atom. The fraction of sp³-hybridized carbons (Fsp3) is 0.286. The van der Waals surface area contributed by atoms with Crippen LogP contribution in [0.2, 0.25) is 0 Å². The Labute approximate surface area is 122 Å². The minimum atomic E-state index is 0.0498. The summed E-state index contributed by atoms with van der Waals surface area (Å²) >= 11 is 1.58. The van der Waals surface area contributed by atoms with Crippen molar-refractivity contribution in [3.05, 3.63) is 52.5 Å². The molecule has 1 heterocycles. The van der Waals surface area contributed by atoms with Crippen molar-refractivity contribution in [3.8, 4) is 0 Å². The topological polar surface area (TPSA) is 74.7 Å². The van der Waals surface area contributed by atoms with Crippen molar-refractivity contribution in [1.82, 2.24) is 9.88 Å². The molecular weight excluding hydrogens is 272 g/mol. The van der Waals surface area contributed by atoms with Crippen molar-refractivity contribution >= 4 is 17.2 Å². The predicted octanol–water partition coefficient (Wildman–Crippen LogP) is 2.45. The molecule has 0 aliphatic heterocycles. The Hall–Kier alpha value is -1.92. The third-order valence-electron chi connectivity index (χ3n) is 3.14. The van der Waals surface area contributed by atoms with Gasteiger partial charge in [-0.15, -0.1) is 11.3 Å². The van der Waals surface area contributed by atoms with E-state index in [4.69, 9.17) is 10.9 Å². The summed E-state index contributed by atoms with van der Waals surface area (Å²) in [5.41, 5.74) is 9.67. The van der Waals surface area contributed by atoms with Crippen LogP contribution >= 0.6 is 11.3 Å². The first-order valence-electron chi connectivity index (χ1n) is 6.29. The maximum atomic E-state index is 8.80. The lowest BCUT2D eigenvalue weighted by Gasteiger charge is -2.27. The number of aromatic nitrogens is 1. The first-order chi connectivity index (χ1) is 9.70. The van der Waals surface area contributed by atoms with Gasteiger partial charge in [0.05, 0.1) is 11.2 Å². The Bertz CT molecular complexity index is 542. The quantitative estimate of drug-likeness (QED) is 0.371. The van der Waals surface area contributed by atoms with Crippen LogP contribution in [-0.2, 0) is 6.54 Å². The molecule has 2 aromatic rings. The molecule has 1 aromatic heterocycles. The highest BCUT2D eigenvalue weighted by Gasteiger charge is 2.19. The van der Waals surface area contributed by atoms with Gasteiger partial charge in [-0.25, -0.2) is 4.98 Å². The SMILES string of the molecule is CN(Cc1cscn1)C(CC(N)=NO)c1ccccc1. The number of rotatable bonds is 6. The average Bonchev–Trinajstić information content (AvgIpc) is 2.98. The van der Waals surface area contributed by atoms with E-state index in [1.165, 1.54) is 0 Å². The molecular formula is C14H18N4OS. The zero-order valence-electron chi connectivity index (χ0n) is 11.3. The van der Waals surface area contributed by atoms with Gasteiger partial charge in [-0.2, -0.15) is 0 Å². The molecule has 0 bridgehead atoms. The van der Waals surface area contributed by atoms with Gasteiger partial charge >= 0.3 is 0 Å². The number of nitrogens with zero attached hydrogens (tertiary/aromatic N) is 3. The highest BCUT2D eigenvalue weighted by Crippen LogP contribution is 2.24. The lowest BCUT2D eigenvalue weighted by Crippen LogP contribution is -2.29. The molecule has 1 aromatic carbocycles. The van der Waals surface area contributed by atoms with Gasteiger partial charge in [0, 0.05) is 24.4 Å². The highest BCUT2D eigenvalue weighted by molar-refractivity contribution is 7.07. The van der Waals surface area contributed by atoms with E-state index in [0.29, 0.717) is 6.42 Å². The van der Waals surface area contributed by atoms with Crippen LogP contribution in [0.1, 0.15) is 23.7 Å². The molecule has 2 rings (SSSR count). The van der Waals surface area contributed by atoms with Crippen molar-refractivity contribution in [3.63, 3.8) is 0 Å². The van der Waals surface area contributed by atoms with Gasteiger partial charge in [-0.1, -0.05) is 35.5 Å². The van der Waals surface area contributed by atoms with E-state index in [9.17, 15) is 0 Å². The maximum absolute atomic E-state index is 8.80. The van der Waals surface area contributed by atoms with Gasteiger partial charge in [0.15, 0.2) is 0 Å². The minimum Gasteiger partial charge on any atom is -0.409 e. The fourth-order valence-electron chi connectivity index (χ4n) is 2.12. The van der Waals surface area contributed by atoms with E-state index in [2.05, 4.69) is 15.0 Å². The first-order valence-corrected chi connectivity index (χ1v) is 7.23. The fourth-order valence-corrected chi connectivity index (χ4v) is 2.67. The van der Waals surface area contributed by atoms with Gasteiger partial charge in [-0.05, 0) is 12.6 Å². The molecule has 106 valence electrons. The molecule has 3 N–H and O–H groups in total. The second-order valence-corrected chi connectivity index (χ2v) is 5.34. The van der Waals surface area contributed by atoms with E-state index >= 15 is 0 Å². The van der Waals surface area contributed by atoms with E-state index in [1.807, 2.05) is 48.3 Å². The molecule has 0 spiro atoms. The third-order valence-corrected chi connectivity index (χ3v) is 3.78. The number of thiazole rings is 1. The lowest BCUT2D eigenvalue weighted by atomic mass is 10.0. The van der Waals surface area contributed by atoms with E-state index in [0.717, 1.165) is 17.8 Å². The van der Waals surface area contributed by atoms with Crippen molar-refractivity contribution in [2.24, 2.45) is 10.9 Å². The molecule has 0 radical (unpaired) electrons. The molecule has 0 saturated heterocycles. The van der Waals surface area contributed by atoms with Crippen LogP contribution in [0.4, 0.5) is 0 Å². The van der Waals surface area contributed by atoms with Crippen molar-refractivity contribution in [2.45, 2.75) is 19.0 Å². The van der Waals surface area contributed by atoms with E-state index in [1.54, 1.807) is 11.3 Å².